The Bertz CT molecular complexity index is 393. The first kappa shape index (κ1) is 10.6. The van der Waals surface area contributed by atoms with E-state index in [-0.39, 0.29) is 22.3 Å². The van der Waals surface area contributed by atoms with Crippen LogP contribution in [0.3, 0.4) is 0 Å². The number of carboxylic acid groups (broad SMARTS) is 1. The maximum absolute atomic E-state index is 10.5. The number of hydrogen-bond donors (Lipinski definition) is 1. The molecule has 0 aliphatic rings. The predicted octanol–water partition coefficient (Wildman–Crippen LogP) is 1.38. The Balaban J connectivity index is 3.13. The average Bonchev–Trinajstić information content (AvgIpc) is 2.07. The predicted molar refractivity (Wildman–Crippen MR) is 49.9 cm³/mol. The quantitative estimate of drug-likeness (QED) is 0.655. The molecule has 1 aromatic rings. The molecule has 1 aromatic heterocycles. The topological polar surface area (TPSA) is 93.3 Å². The van der Waals surface area contributed by atoms with Crippen LogP contribution in [-0.4, -0.2) is 21.0 Å². The summed E-state index contributed by atoms with van der Waals surface area (Å²) in [7, 11) is 0. The molecule has 1 heterocycles. The lowest BCUT2D eigenvalue weighted by molar-refractivity contribution is -0.385. The van der Waals surface area contributed by atoms with Gasteiger partial charge in [-0.3, -0.25) is 19.9 Å². The van der Waals surface area contributed by atoms with Gasteiger partial charge in [0.1, 0.15) is 4.47 Å². The second-order valence-corrected chi connectivity index (χ2v) is 3.21. The SMILES string of the molecule is O=C(O)Cc1nccc([N+](=O)[O-])c1Br. The van der Waals surface area contributed by atoms with Crippen LogP contribution in [0.1, 0.15) is 5.69 Å². The molecule has 0 saturated carbocycles. The third kappa shape index (κ3) is 2.25. The van der Waals surface area contributed by atoms with Crippen molar-refractivity contribution in [2.24, 2.45) is 0 Å². The van der Waals surface area contributed by atoms with E-state index >= 15 is 0 Å². The zero-order valence-electron chi connectivity index (χ0n) is 6.81. The number of nitro groups is 1. The molecule has 1 rings (SSSR count). The molecular weight excluding hydrogens is 256 g/mol. The van der Waals surface area contributed by atoms with Crippen LogP contribution in [0.5, 0.6) is 0 Å². The van der Waals surface area contributed by atoms with E-state index in [1.54, 1.807) is 0 Å². The third-order valence-corrected chi connectivity index (χ3v) is 2.32. The summed E-state index contributed by atoms with van der Waals surface area (Å²) in [6.07, 6.45) is 0.865. The molecule has 0 unspecified atom stereocenters. The van der Waals surface area contributed by atoms with Gasteiger partial charge < -0.3 is 5.11 Å². The maximum atomic E-state index is 10.5. The van der Waals surface area contributed by atoms with Crippen LogP contribution in [0.15, 0.2) is 16.7 Å². The summed E-state index contributed by atoms with van der Waals surface area (Å²) in [5.41, 5.74) is -0.0389. The van der Waals surface area contributed by atoms with E-state index in [4.69, 9.17) is 5.11 Å². The largest absolute Gasteiger partial charge is 0.481 e. The first-order valence-electron chi connectivity index (χ1n) is 3.52. The second kappa shape index (κ2) is 4.14. The van der Waals surface area contributed by atoms with Gasteiger partial charge in [0, 0.05) is 12.3 Å². The van der Waals surface area contributed by atoms with Gasteiger partial charge in [0.05, 0.1) is 17.0 Å². The molecule has 0 saturated heterocycles. The zero-order valence-corrected chi connectivity index (χ0v) is 8.39. The summed E-state index contributed by atoms with van der Waals surface area (Å²) in [5, 5.41) is 19.0. The lowest BCUT2D eigenvalue weighted by atomic mass is 10.2. The summed E-state index contributed by atoms with van der Waals surface area (Å²) in [6, 6.07) is 1.20. The van der Waals surface area contributed by atoms with Gasteiger partial charge in [-0.05, 0) is 15.9 Å². The van der Waals surface area contributed by atoms with Crippen LogP contribution in [0.2, 0.25) is 0 Å². The van der Waals surface area contributed by atoms with Gasteiger partial charge in [0.25, 0.3) is 5.69 Å². The first-order valence-corrected chi connectivity index (χ1v) is 4.31. The molecule has 0 aromatic carbocycles. The molecule has 0 amide bonds. The van der Waals surface area contributed by atoms with Gasteiger partial charge in [0.15, 0.2) is 0 Å². The number of carboxylic acids is 1. The average molecular weight is 261 g/mol. The highest BCUT2D eigenvalue weighted by Crippen LogP contribution is 2.26. The molecule has 0 fully saturated rings. The number of hydrogen-bond acceptors (Lipinski definition) is 4. The van der Waals surface area contributed by atoms with Crippen molar-refractivity contribution in [3.8, 4) is 0 Å². The van der Waals surface area contributed by atoms with E-state index < -0.39 is 10.9 Å². The highest BCUT2D eigenvalue weighted by atomic mass is 79.9. The number of carbonyl (C=O) groups is 1. The molecule has 0 atom stereocenters. The Hall–Kier alpha value is -1.50. The summed E-state index contributed by atoms with van der Waals surface area (Å²) in [5.74, 6) is -1.08. The van der Waals surface area contributed by atoms with Gasteiger partial charge in [-0.1, -0.05) is 0 Å². The Kier molecular flexibility index (Phi) is 3.13. The molecule has 0 spiro atoms. The summed E-state index contributed by atoms with van der Waals surface area (Å²) >= 11 is 2.94. The number of nitrogens with zero attached hydrogens (tertiary/aromatic N) is 2. The Morgan fingerprint density at radius 2 is 2.36 bits per heavy atom. The Labute approximate surface area is 86.9 Å². The molecule has 0 radical (unpaired) electrons. The van der Waals surface area contributed by atoms with Crippen LogP contribution in [-0.2, 0) is 11.2 Å². The van der Waals surface area contributed by atoms with Crippen LogP contribution >= 0.6 is 15.9 Å². The standard InChI is InChI=1S/C7H5BrN2O4/c8-7-4(3-6(11)12)9-2-1-5(7)10(13)14/h1-2H,3H2,(H,11,12). The van der Waals surface area contributed by atoms with Crippen LogP contribution in [0.4, 0.5) is 5.69 Å². The van der Waals surface area contributed by atoms with Crippen molar-refractivity contribution in [3.05, 3.63) is 32.5 Å². The van der Waals surface area contributed by atoms with Gasteiger partial charge >= 0.3 is 5.97 Å². The highest BCUT2D eigenvalue weighted by Gasteiger charge is 2.17. The minimum atomic E-state index is -1.08. The number of aromatic nitrogens is 1. The monoisotopic (exact) mass is 260 g/mol. The molecule has 0 aliphatic heterocycles. The summed E-state index contributed by atoms with van der Waals surface area (Å²) in [6.45, 7) is 0. The molecule has 0 bridgehead atoms. The molecule has 74 valence electrons. The first-order chi connectivity index (χ1) is 6.52. The number of rotatable bonds is 3. The van der Waals surface area contributed by atoms with Crippen molar-refractivity contribution >= 4 is 27.6 Å². The number of halogens is 1. The minimum absolute atomic E-state index is 0.118. The zero-order chi connectivity index (χ0) is 10.7. The Morgan fingerprint density at radius 1 is 1.71 bits per heavy atom. The van der Waals surface area contributed by atoms with Crippen molar-refractivity contribution in [2.75, 3.05) is 0 Å². The van der Waals surface area contributed by atoms with Crippen LogP contribution in [0.25, 0.3) is 0 Å². The summed E-state index contributed by atoms with van der Waals surface area (Å²) < 4.78 is 0.118. The van der Waals surface area contributed by atoms with Crippen molar-refractivity contribution < 1.29 is 14.8 Å². The van der Waals surface area contributed by atoms with Crippen molar-refractivity contribution in [3.63, 3.8) is 0 Å². The lowest BCUT2D eigenvalue weighted by Crippen LogP contribution is -2.04. The maximum Gasteiger partial charge on any atom is 0.309 e. The Morgan fingerprint density at radius 3 is 2.86 bits per heavy atom. The van der Waals surface area contributed by atoms with E-state index in [0.717, 1.165) is 0 Å². The fourth-order valence-electron chi connectivity index (χ4n) is 0.883. The van der Waals surface area contributed by atoms with Gasteiger partial charge in [-0.25, -0.2) is 0 Å². The fraction of sp³-hybridized carbons (Fsp3) is 0.143. The lowest BCUT2D eigenvalue weighted by Gasteiger charge is -2.00. The number of pyridine rings is 1. The second-order valence-electron chi connectivity index (χ2n) is 2.42. The third-order valence-electron chi connectivity index (χ3n) is 1.46. The molecule has 7 heteroatoms. The van der Waals surface area contributed by atoms with E-state index in [1.807, 2.05) is 0 Å². The van der Waals surface area contributed by atoms with E-state index in [2.05, 4.69) is 20.9 Å². The van der Waals surface area contributed by atoms with Crippen molar-refractivity contribution in [1.82, 2.24) is 4.98 Å². The van der Waals surface area contributed by atoms with E-state index in [9.17, 15) is 14.9 Å². The molecule has 1 N–H and O–H groups in total. The smallest absolute Gasteiger partial charge is 0.309 e. The minimum Gasteiger partial charge on any atom is -0.481 e. The highest BCUT2D eigenvalue weighted by molar-refractivity contribution is 9.10. The molecule has 6 nitrogen and oxygen atoms in total. The van der Waals surface area contributed by atoms with Gasteiger partial charge in [-0.15, -0.1) is 0 Å². The van der Waals surface area contributed by atoms with Crippen LogP contribution < -0.4 is 0 Å². The van der Waals surface area contributed by atoms with Crippen LogP contribution in [0, 0.1) is 10.1 Å². The normalized spacial score (nSPS) is 9.79. The number of aliphatic carboxylic acids is 1. The van der Waals surface area contributed by atoms with Gasteiger partial charge in [-0.2, -0.15) is 0 Å². The van der Waals surface area contributed by atoms with E-state index in [0.29, 0.717) is 0 Å². The van der Waals surface area contributed by atoms with Gasteiger partial charge in [0.2, 0.25) is 0 Å². The van der Waals surface area contributed by atoms with Crippen molar-refractivity contribution in [1.29, 1.82) is 0 Å². The molecule has 0 aliphatic carbocycles. The van der Waals surface area contributed by atoms with Crippen molar-refractivity contribution in [2.45, 2.75) is 6.42 Å². The molecular formula is C7H5BrN2O4. The fourth-order valence-corrected chi connectivity index (χ4v) is 1.40. The summed E-state index contributed by atoms with van der Waals surface area (Å²) in [4.78, 5) is 24.0. The van der Waals surface area contributed by atoms with E-state index in [1.165, 1.54) is 12.3 Å². The molecule has 14 heavy (non-hydrogen) atoms.